The van der Waals surface area contributed by atoms with Crippen molar-refractivity contribution in [1.29, 1.82) is 0 Å². The summed E-state index contributed by atoms with van der Waals surface area (Å²) in [7, 11) is 0. The highest BCUT2D eigenvalue weighted by Crippen LogP contribution is 2.15. The number of nitrogens with zero attached hydrogens (tertiary/aromatic N) is 6. The minimum absolute atomic E-state index is 0.0271. The maximum atomic E-state index is 12.6. The van der Waals surface area contributed by atoms with Gasteiger partial charge in [0.25, 0.3) is 0 Å². The zero-order valence-corrected chi connectivity index (χ0v) is 21.0. The molecule has 0 aliphatic carbocycles. The molecule has 0 heterocycles. The van der Waals surface area contributed by atoms with E-state index in [0.717, 1.165) is 12.2 Å². The van der Waals surface area contributed by atoms with Crippen molar-refractivity contribution in [2.45, 2.75) is 31.7 Å². The third-order valence-corrected chi connectivity index (χ3v) is 3.80. The maximum absolute atomic E-state index is 12.6. The summed E-state index contributed by atoms with van der Waals surface area (Å²) in [6.45, 7) is -2.81. The molecular formula is C17H24F12N6O7. The Kier molecular flexibility index (Phi) is 22.4. The highest BCUT2D eigenvalue weighted by atomic mass is 19.4. The normalized spacial score (nSPS) is 14.9. The lowest BCUT2D eigenvalue weighted by Crippen LogP contribution is -2.44. The molecule has 25 heteroatoms. The number of carbonyl (C=O) groups excluding carboxylic acids is 1. The van der Waals surface area contributed by atoms with Crippen molar-refractivity contribution in [2.75, 3.05) is 39.5 Å². The van der Waals surface area contributed by atoms with E-state index in [1.165, 1.54) is 0 Å². The van der Waals surface area contributed by atoms with Crippen molar-refractivity contribution in [3.63, 3.8) is 0 Å². The molecule has 3 atom stereocenters. The molecule has 0 saturated heterocycles. The van der Waals surface area contributed by atoms with E-state index in [1.54, 1.807) is 6.92 Å². The number of rotatable bonds is 21. The molecule has 0 amide bonds. The second-order valence-corrected chi connectivity index (χ2v) is 6.94. The molecule has 0 saturated carbocycles. The molecule has 42 heavy (non-hydrogen) atoms. The van der Waals surface area contributed by atoms with Crippen molar-refractivity contribution in [2.24, 2.45) is 0 Å². The molecule has 3 unspecified atom stereocenters. The Hall–Kier alpha value is -2.78. The van der Waals surface area contributed by atoms with E-state index in [4.69, 9.17) is 5.11 Å². The number of halogens is 12. The molecule has 1 N–H and O–H groups in total. The van der Waals surface area contributed by atoms with Gasteiger partial charge in [-0.1, -0.05) is 33.5 Å². The zero-order valence-electron chi connectivity index (χ0n) is 21.0. The van der Waals surface area contributed by atoms with Gasteiger partial charge in [-0.05, 0) is 13.0 Å². The fourth-order valence-corrected chi connectivity index (χ4v) is 2.10. The lowest BCUT2D eigenvalue weighted by atomic mass is 10.3. The number of carboxylic acids is 1. The summed E-state index contributed by atoms with van der Waals surface area (Å²) < 4.78 is 165. The Morgan fingerprint density at radius 2 is 1.10 bits per heavy atom. The van der Waals surface area contributed by atoms with E-state index >= 15 is 0 Å². The van der Waals surface area contributed by atoms with Gasteiger partial charge in [-0.2, -0.15) is 0 Å². The van der Waals surface area contributed by atoms with Crippen LogP contribution in [0.25, 0.3) is 0 Å². The van der Waals surface area contributed by atoms with Crippen LogP contribution < -0.4 is 0 Å². The van der Waals surface area contributed by atoms with Gasteiger partial charge in [0.15, 0.2) is 18.7 Å². The third kappa shape index (κ3) is 21.9. The number of hydrogen-bond acceptors (Lipinski definition) is 12. The Balaban J connectivity index is 0. The van der Waals surface area contributed by atoms with E-state index in [-0.39, 0.29) is 12.2 Å². The number of hydrogen-bond donors (Lipinski definition) is 1. The van der Waals surface area contributed by atoms with Crippen molar-refractivity contribution in [3.05, 3.63) is 24.3 Å². The summed E-state index contributed by atoms with van der Waals surface area (Å²) in [5, 5.41) is -2.76. The van der Waals surface area contributed by atoms with Crippen molar-refractivity contribution in [3.8, 4) is 0 Å². The molecule has 248 valence electrons. The SMILES string of the molecule is C=C(C=CC(=O)O)C(=O)OCC.FN(F)CC(OCC(COC(CN(F)F)N(F)F)OC(CN(F)F)N(F)F)N(F)F. The molecule has 0 aromatic heterocycles. The minimum Gasteiger partial charge on any atom is -0.478 e. The van der Waals surface area contributed by atoms with E-state index in [1.807, 2.05) is 0 Å². The van der Waals surface area contributed by atoms with E-state index in [2.05, 4.69) is 25.5 Å². The molecule has 0 spiro atoms. The molecule has 0 bridgehead atoms. The predicted molar refractivity (Wildman–Crippen MR) is 110 cm³/mol. The van der Waals surface area contributed by atoms with Crippen LogP contribution in [0, 0.1) is 0 Å². The van der Waals surface area contributed by atoms with Crippen LogP contribution in [-0.4, -0.2) is 113 Å². The van der Waals surface area contributed by atoms with Gasteiger partial charge < -0.3 is 24.1 Å². The first-order valence-corrected chi connectivity index (χ1v) is 10.7. The van der Waals surface area contributed by atoms with E-state index < -0.39 is 102 Å². The van der Waals surface area contributed by atoms with Crippen LogP contribution in [0.4, 0.5) is 53.8 Å². The van der Waals surface area contributed by atoms with Gasteiger partial charge in [0.1, 0.15) is 25.7 Å². The van der Waals surface area contributed by atoms with Gasteiger partial charge in [0, 0.05) is 22.1 Å². The summed E-state index contributed by atoms with van der Waals surface area (Å²) in [5.41, 5.74) is 0.0271. The Morgan fingerprint density at radius 1 is 0.714 bits per heavy atom. The van der Waals surface area contributed by atoms with Crippen LogP contribution in [0.15, 0.2) is 24.3 Å². The molecular weight excluding hydrogens is 628 g/mol. The van der Waals surface area contributed by atoms with Crippen LogP contribution in [0.1, 0.15) is 6.92 Å². The number of carbonyl (C=O) groups is 2. The number of carboxylic acid groups (broad SMARTS) is 1. The topological polar surface area (TPSA) is 111 Å². The highest BCUT2D eigenvalue weighted by molar-refractivity contribution is 5.93. The van der Waals surface area contributed by atoms with Crippen LogP contribution in [-0.2, 0) is 28.5 Å². The molecule has 0 rings (SSSR count). The Morgan fingerprint density at radius 3 is 1.40 bits per heavy atom. The van der Waals surface area contributed by atoms with E-state index in [0.29, 0.717) is 0 Å². The fraction of sp³-hybridized carbons (Fsp3) is 0.647. The number of ether oxygens (including phenoxy) is 4. The largest absolute Gasteiger partial charge is 0.478 e. The first-order chi connectivity index (χ1) is 19.4. The van der Waals surface area contributed by atoms with Crippen LogP contribution >= 0.6 is 0 Å². The minimum atomic E-state index is -2.80. The second kappa shape index (κ2) is 22.8. The summed E-state index contributed by atoms with van der Waals surface area (Å²) in [4.78, 5) is 20.8. The molecule has 0 aromatic rings. The summed E-state index contributed by atoms with van der Waals surface area (Å²) >= 11 is 0. The highest BCUT2D eigenvalue weighted by Gasteiger charge is 2.32. The van der Waals surface area contributed by atoms with Crippen molar-refractivity contribution < 1.29 is 87.4 Å². The van der Waals surface area contributed by atoms with Crippen LogP contribution in [0.5, 0.6) is 0 Å². The Labute approximate surface area is 228 Å². The first-order valence-electron chi connectivity index (χ1n) is 10.7. The van der Waals surface area contributed by atoms with E-state index in [9.17, 15) is 63.4 Å². The second-order valence-electron chi connectivity index (χ2n) is 6.94. The van der Waals surface area contributed by atoms with Crippen molar-refractivity contribution in [1.82, 2.24) is 32.1 Å². The third-order valence-electron chi connectivity index (χ3n) is 3.80. The van der Waals surface area contributed by atoms with Crippen LogP contribution in [0.2, 0.25) is 0 Å². The average molecular weight is 652 g/mol. The summed E-state index contributed by atoms with van der Waals surface area (Å²) in [6, 6.07) is 0. The van der Waals surface area contributed by atoms with Gasteiger partial charge in [0.2, 0.25) is 0 Å². The number of aliphatic carboxylic acids is 1. The predicted octanol–water partition coefficient (Wildman–Crippen LogP) is 3.56. The molecule has 0 aliphatic rings. The molecule has 0 aromatic carbocycles. The van der Waals surface area contributed by atoms with Crippen LogP contribution in [0.3, 0.4) is 0 Å². The monoisotopic (exact) mass is 652 g/mol. The smallest absolute Gasteiger partial charge is 0.337 e. The molecule has 13 nitrogen and oxygen atoms in total. The Bertz CT molecular complexity index is 778. The standard InChI is InChI=1S/C9H14F12N6O3.C8H10O4/c10-22(11)1-7(25(16)17)28-4-6(30-9(27(20)21)3-24(14)15)5-29-8(26(18)19)2-23(12)13;1-3-12-8(11)6(2)4-5-7(9)10/h6-9H,1-5H2;4-5H,2-3H2,1H3,(H,9,10). The molecule has 0 radical (unpaired) electrons. The van der Waals surface area contributed by atoms with Crippen molar-refractivity contribution >= 4 is 11.9 Å². The maximum Gasteiger partial charge on any atom is 0.337 e. The number of esters is 1. The molecule has 0 fully saturated rings. The molecule has 0 aliphatic heterocycles. The van der Waals surface area contributed by atoms with Gasteiger partial charge in [-0.25, -0.2) is 9.59 Å². The van der Waals surface area contributed by atoms with Gasteiger partial charge in [-0.15, -0.1) is 26.9 Å². The first kappa shape index (κ1) is 41.4. The zero-order chi connectivity index (χ0) is 33.0. The summed E-state index contributed by atoms with van der Waals surface area (Å²) in [5.74, 6) is -1.73. The average Bonchev–Trinajstić information content (AvgIpc) is 2.85. The lowest BCUT2D eigenvalue weighted by molar-refractivity contribution is -0.331. The van der Waals surface area contributed by atoms with Gasteiger partial charge in [0.05, 0.1) is 41.4 Å². The quantitative estimate of drug-likeness (QED) is 0.0488. The summed E-state index contributed by atoms with van der Waals surface area (Å²) in [6.07, 6.45) is -8.41. The van der Waals surface area contributed by atoms with Gasteiger partial charge >= 0.3 is 11.9 Å². The van der Waals surface area contributed by atoms with Gasteiger partial charge in [-0.3, -0.25) is 0 Å². The lowest BCUT2D eigenvalue weighted by Gasteiger charge is -2.27. The fourth-order valence-electron chi connectivity index (χ4n) is 2.10.